The number of rotatable bonds is 1. The van der Waals surface area contributed by atoms with Gasteiger partial charge in [0.2, 0.25) is 0 Å². The Morgan fingerprint density at radius 3 is 2.92 bits per heavy atom. The van der Waals surface area contributed by atoms with Gasteiger partial charge in [-0.25, -0.2) is 0 Å². The molecule has 0 N–H and O–H groups in total. The van der Waals surface area contributed by atoms with Gasteiger partial charge in [-0.15, -0.1) is 0 Å². The minimum Gasteiger partial charge on any atom is -0.0795 e. The van der Waals surface area contributed by atoms with Crippen molar-refractivity contribution in [1.29, 1.82) is 0 Å². The maximum Gasteiger partial charge on any atom is -0.00854 e. The molecule has 0 aliphatic heterocycles. The Kier molecular flexibility index (Phi) is 1.76. The van der Waals surface area contributed by atoms with Gasteiger partial charge in [0.25, 0.3) is 0 Å². The summed E-state index contributed by atoms with van der Waals surface area (Å²) in [7, 11) is 0. The SMILES string of the molecule is CCc1ccc2c(c1C)CC=C2. The Morgan fingerprint density at radius 2 is 2.17 bits per heavy atom. The molecule has 1 aliphatic carbocycles. The fourth-order valence-electron chi connectivity index (χ4n) is 1.94. The van der Waals surface area contributed by atoms with Crippen molar-refractivity contribution < 1.29 is 0 Å². The average Bonchev–Trinajstić information content (AvgIpc) is 2.53. The minimum atomic E-state index is 1.13. The number of hydrogen-bond acceptors (Lipinski definition) is 0. The highest BCUT2D eigenvalue weighted by Gasteiger charge is 2.09. The first kappa shape index (κ1) is 7.60. The summed E-state index contributed by atoms with van der Waals surface area (Å²) in [5, 5.41) is 0. The van der Waals surface area contributed by atoms with Crippen molar-refractivity contribution in [2.24, 2.45) is 0 Å². The molecule has 0 saturated carbocycles. The van der Waals surface area contributed by atoms with E-state index >= 15 is 0 Å². The van der Waals surface area contributed by atoms with Crippen LogP contribution in [0.2, 0.25) is 0 Å². The molecule has 0 heteroatoms. The van der Waals surface area contributed by atoms with E-state index < -0.39 is 0 Å². The van der Waals surface area contributed by atoms with Crippen LogP contribution in [0.25, 0.3) is 6.08 Å². The Hall–Kier alpha value is -1.04. The monoisotopic (exact) mass is 158 g/mol. The van der Waals surface area contributed by atoms with Crippen molar-refractivity contribution in [3.63, 3.8) is 0 Å². The van der Waals surface area contributed by atoms with Crippen LogP contribution in [-0.2, 0) is 12.8 Å². The maximum absolute atomic E-state index is 2.25. The molecule has 0 amide bonds. The first-order valence-corrected chi connectivity index (χ1v) is 4.61. The van der Waals surface area contributed by atoms with Gasteiger partial charge in [0, 0.05) is 0 Å². The number of hydrogen-bond donors (Lipinski definition) is 0. The van der Waals surface area contributed by atoms with E-state index in [4.69, 9.17) is 0 Å². The number of benzene rings is 1. The molecule has 0 nitrogen and oxygen atoms in total. The summed E-state index contributed by atoms with van der Waals surface area (Å²) in [4.78, 5) is 0. The Labute approximate surface area is 73.9 Å². The molecule has 12 heavy (non-hydrogen) atoms. The van der Waals surface area contributed by atoms with E-state index in [0.717, 1.165) is 12.8 Å². The molecule has 0 atom stereocenters. The van der Waals surface area contributed by atoms with Crippen molar-refractivity contribution in [2.45, 2.75) is 26.7 Å². The zero-order chi connectivity index (χ0) is 8.55. The van der Waals surface area contributed by atoms with Crippen molar-refractivity contribution in [1.82, 2.24) is 0 Å². The van der Waals surface area contributed by atoms with Crippen LogP contribution >= 0.6 is 0 Å². The van der Waals surface area contributed by atoms with Crippen LogP contribution in [0.3, 0.4) is 0 Å². The van der Waals surface area contributed by atoms with Crippen molar-refractivity contribution in [2.75, 3.05) is 0 Å². The van der Waals surface area contributed by atoms with Gasteiger partial charge in [0.15, 0.2) is 0 Å². The molecule has 0 heterocycles. The third-order valence-electron chi connectivity index (χ3n) is 2.75. The summed E-state index contributed by atoms with van der Waals surface area (Å²) in [6.45, 7) is 4.46. The highest BCUT2D eigenvalue weighted by Crippen LogP contribution is 2.25. The van der Waals surface area contributed by atoms with Crippen molar-refractivity contribution >= 4 is 6.08 Å². The Morgan fingerprint density at radius 1 is 1.33 bits per heavy atom. The van der Waals surface area contributed by atoms with Gasteiger partial charge in [-0.1, -0.05) is 31.2 Å². The number of allylic oxidation sites excluding steroid dienone is 1. The zero-order valence-corrected chi connectivity index (χ0v) is 7.72. The predicted molar refractivity (Wildman–Crippen MR) is 53.3 cm³/mol. The second kappa shape index (κ2) is 2.78. The van der Waals surface area contributed by atoms with Crippen LogP contribution in [0.15, 0.2) is 18.2 Å². The second-order valence-corrected chi connectivity index (χ2v) is 3.38. The van der Waals surface area contributed by atoms with Crippen molar-refractivity contribution in [3.05, 3.63) is 40.5 Å². The molecule has 0 aromatic heterocycles. The molecular formula is C12H14. The fraction of sp³-hybridized carbons (Fsp3) is 0.333. The average molecular weight is 158 g/mol. The van der Waals surface area contributed by atoms with Gasteiger partial charge in [0.1, 0.15) is 0 Å². The summed E-state index contributed by atoms with van der Waals surface area (Å²) in [5.41, 5.74) is 5.96. The van der Waals surface area contributed by atoms with E-state index in [2.05, 4.69) is 38.1 Å². The van der Waals surface area contributed by atoms with E-state index in [0.29, 0.717) is 0 Å². The molecule has 0 saturated heterocycles. The smallest absolute Gasteiger partial charge is 0.00854 e. The number of fused-ring (bicyclic) bond motifs is 1. The lowest BCUT2D eigenvalue weighted by molar-refractivity contribution is 1.08. The standard InChI is InChI=1S/C12H14/c1-3-10-7-8-11-5-4-6-12(11)9(10)2/h4-5,7-8H,3,6H2,1-2H3. The molecule has 0 bridgehead atoms. The van der Waals surface area contributed by atoms with Gasteiger partial charge >= 0.3 is 0 Å². The van der Waals surface area contributed by atoms with Gasteiger partial charge in [-0.05, 0) is 42.0 Å². The quantitative estimate of drug-likeness (QED) is 0.589. The van der Waals surface area contributed by atoms with E-state index in [1.807, 2.05) is 0 Å². The highest BCUT2D eigenvalue weighted by atomic mass is 14.1. The first-order valence-electron chi connectivity index (χ1n) is 4.61. The Balaban J connectivity index is 2.57. The molecule has 2 rings (SSSR count). The van der Waals surface area contributed by atoms with Crippen molar-refractivity contribution in [3.8, 4) is 0 Å². The third kappa shape index (κ3) is 0.989. The van der Waals surface area contributed by atoms with E-state index in [1.54, 1.807) is 0 Å². The lowest BCUT2D eigenvalue weighted by Crippen LogP contribution is -1.93. The van der Waals surface area contributed by atoms with Gasteiger partial charge < -0.3 is 0 Å². The van der Waals surface area contributed by atoms with Crippen LogP contribution in [0.1, 0.15) is 29.2 Å². The summed E-state index contributed by atoms with van der Waals surface area (Å²) in [6.07, 6.45) is 6.76. The fourth-order valence-corrected chi connectivity index (χ4v) is 1.94. The van der Waals surface area contributed by atoms with E-state index in [1.165, 1.54) is 22.3 Å². The summed E-state index contributed by atoms with van der Waals surface area (Å²) in [5.74, 6) is 0. The van der Waals surface area contributed by atoms with Gasteiger partial charge in [-0.2, -0.15) is 0 Å². The van der Waals surface area contributed by atoms with Crippen LogP contribution in [0.4, 0.5) is 0 Å². The predicted octanol–water partition coefficient (Wildman–Crippen LogP) is 3.13. The second-order valence-electron chi connectivity index (χ2n) is 3.38. The molecule has 1 aromatic rings. The molecule has 0 radical (unpaired) electrons. The molecule has 1 aliphatic rings. The lowest BCUT2D eigenvalue weighted by Gasteiger charge is -2.08. The highest BCUT2D eigenvalue weighted by molar-refractivity contribution is 5.63. The molecule has 0 fully saturated rings. The topological polar surface area (TPSA) is 0 Å². The molecule has 0 spiro atoms. The molecular weight excluding hydrogens is 144 g/mol. The minimum absolute atomic E-state index is 1.13. The molecule has 1 aromatic carbocycles. The zero-order valence-electron chi connectivity index (χ0n) is 7.72. The van der Waals surface area contributed by atoms with Crippen LogP contribution in [0.5, 0.6) is 0 Å². The first-order chi connectivity index (χ1) is 5.83. The van der Waals surface area contributed by atoms with Crippen LogP contribution in [0, 0.1) is 6.92 Å². The largest absolute Gasteiger partial charge is 0.0795 e. The summed E-state index contributed by atoms with van der Waals surface area (Å²) in [6, 6.07) is 4.49. The van der Waals surface area contributed by atoms with Gasteiger partial charge in [-0.3, -0.25) is 0 Å². The van der Waals surface area contributed by atoms with Gasteiger partial charge in [0.05, 0.1) is 0 Å². The molecule has 0 unspecified atom stereocenters. The maximum atomic E-state index is 2.25. The van der Waals surface area contributed by atoms with E-state index in [9.17, 15) is 0 Å². The summed E-state index contributed by atoms with van der Waals surface area (Å²) >= 11 is 0. The normalized spacial score (nSPS) is 13.5. The Bertz CT molecular complexity index is 332. The number of aryl methyl sites for hydroxylation is 1. The summed E-state index contributed by atoms with van der Waals surface area (Å²) < 4.78 is 0. The van der Waals surface area contributed by atoms with Crippen LogP contribution in [-0.4, -0.2) is 0 Å². The van der Waals surface area contributed by atoms with Crippen LogP contribution < -0.4 is 0 Å². The third-order valence-corrected chi connectivity index (χ3v) is 2.75. The van der Waals surface area contributed by atoms with E-state index in [-0.39, 0.29) is 0 Å². The molecule has 62 valence electrons. The lowest BCUT2D eigenvalue weighted by atomic mass is 9.97.